The van der Waals surface area contributed by atoms with E-state index in [2.05, 4.69) is 26.2 Å². The summed E-state index contributed by atoms with van der Waals surface area (Å²) in [5.74, 6) is -0.0102. The highest BCUT2D eigenvalue weighted by Gasteiger charge is 2.29. The van der Waals surface area contributed by atoms with Crippen molar-refractivity contribution in [2.24, 2.45) is 0 Å². The average Bonchev–Trinajstić information content (AvgIpc) is 3.15. The standard InChI is InChI=1S/C19H12BrCl2F3N2O2S/c20-7-16(28)27-18-26-15(9-30-18)11-5-13(21)17(14(22)6-11)29-8-10-1-3-12(4-2-10)19(23,24)25/h1-6,9H,7-8H2,(H,26,27,28). The van der Waals surface area contributed by atoms with E-state index in [1.54, 1.807) is 17.5 Å². The van der Waals surface area contributed by atoms with E-state index < -0.39 is 11.7 Å². The minimum Gasteiger partial charge on any atom is -0.486 e. The van der Waals surface area contributed by atoms with Gasteiger partial charge in [-0.1, -0.05) is 51.3 Å². The molecule has 0 radical (unpaired) electrons. The first-order valence-corrected chi connectivity index (χ1v) is 11.0. The Labute approximate surface area is 192 Å². The van der Waals surface area contributed by atoms with Crippen LogP contribution in [0.25, 0.3) is 11.3 Å². The SMILES string of the molecule is O=C(CBr)Nc1nc(-c2cc(Cl)c(OCc3ccc(C(F)(F)F)cc3)c(Cl)c2)cs1. The van der Waals surface area contributed by atoms with Gasteiger partial charge in [0.15, 0.2) is 10.9 Å². The second kappa shape index (κ2) is 9.55. The molecule has 158 valence electrons. The zero-order chi connectivity index (χ0) is 21.9. The van der Waals surface area contributed by atoms with Crippen LogP contribution in [0.5, 0.6) is 5.75 Å². The van der Waals surface area contributed by atoms with Crippen LogP contribution in [0.15, 0.2) is 41.8 Å². The van der Waals surface area contributed by atoms with Gasteiger partial charge in [-0.15, -0.1) is 11.3 Å². The molecule has 0 spiro atoms. The number of anilines is 1. The molecule has 1 heterocycles. The van der Waals surface area contributed by atoms with Crippen LogP contribution in [-0.2, 0) is 17.6 Å². The number of alkyl halides is 4. The maximum absolute atomic E-state index is 12.6. The molecule has 11 heteroatoms. The Kier molecular flexibility index (Phi) is 7.28. The number of ether oxygens (including phenoxy) is 1. The molecule has 0 bridgehead atoms. The summed E-state index contributed by atoms with van der Waals surface area (Å²) >= 11 is 16.9. The molecular formula is C19H12BrCl2F3N2O2S. The number of carbonyl (C=O) groups is 1. The molecule has 1 N–H and O–H groups in total. The van der Waals surface area contributed by atoms with Gasteiger partial charge in [-0.25, -0.2) is 4.98 Å². The summed E-state index contributed by atoms with van der Waals surface area (Å²) < 4.78 is 43.5. The van der Waals surface area contributed by atoms with Crippen LogP contribution < -0.4 is 10.1 Å². The molecule has 0 fully saturated rings. The van der Waals surface area contributed by atoms with Crippen molar-refractivity contribution < 1.29 is 22.7 Å². The van der Waals surface area contributed by atoms with E-state index in [0.29, 0.717) is 22.0 Å². The highest BCUT2D eigenvalue weighted by atomic mass is 79.9. The lowest BCUT2D eigenvalue weighted by Crippen LogP contribution is -2.11. The van der Waals surface area contributed by atoms with Gasteiger partial charge in [0.1, 0.15) is 6.61 Å². The summed E-state index contributed by atoms with van der Waals surface area (Å²) in [5.41, 5.74) is 0.998. The third-order valence-corrected chi connectivity index (χ3v) is 5.66. The molecule has 3 rings (SSSR count). The highest BCUT2D eigenvalue weighted by molar-refractivity contribution is 9.09. The van der Waals surface area contributed by atoms with Crippen molar-refractivity contribution in [1.29, 1.82) is 0 Å². The fourth-order valence-corrected chi connectivity index (χ4v) is 3.88. The fourth-order valence-electron chi connectivity index (χ4n) is 2.41. The average molecular weight is 540 g/mol. The van der Waals surface area contributed by atoms with Gasteiger partial charge in [-0.3, -0.25) is 4.79 Å². The summed E-state index contributed by atoms with van der Waals surface area (Å²) in [6, 6.07) is 7.85. The van der Waals surface area contributed by atoms with Gasteiger partial charge in [0.25, 0.3) is 0 Å². The third kappa shape index (κ3) is 5.66. The Morgan fingerprint density at radius 3 is 2.37 bits per heavy atom. The number of nitrogens with one attached hydrogen (secondary N) is 1. The highest BCUT2D eigenvalue weighted by Crippen LogP contribution is 2.38. The number of benzene rings is 2. The van der Waals surface area contributed by atoms with Crippen LogP contribution >= 0.6 is 50.5 Å². The zero-order valence-corrected chi connectivity index (χ0v) is 18.8. The van der Waals surface area contributed by atoms with Crippen molar-refractivity contribution in [3.05, 3.63) is 63.0 Å². The number of carbonyl (C=O) groups excluding carboxylic acids is 1. The van der Waals surface area contributed by atoms with Crippen molar-refractivity contribution >= 4 is 61.5 Å². The molecular weight excluding hydrogens is 528 g/mol. The molecule has 2 aromatic carbocycles. The minimum atomic E-state index is -4.39. The van der Waals surface area contributed by atoms with E-state index in [9.17, 15) is 18.0 Å². The fraction of sp³-hybridized carbons (Fsp3) is 0.158. The molecule has 0 unspecified atom stereocenters. The Hall–Kier alpha value is -1.81. The van der Waals surface area contributed by atoms with Gasteiger partial charge < -0.3 is 10.1 Å². The molecule has 0 aliphatic heterocycles. The predicted molar refractivity (Wildman–Crippen MR) is 116 cm³/mol. The Balaban J connectivity index is 1.73. The van der Waals surface area contributed by atoms with Crippen molar-refractivity contribution in [3.8, 4) is 17.0 Å². The van der Waals surface area contributed by atoms with Crippen LogP contribution in [0, 0.1) is 0 Å². The van der Waals surface area contributed by atoms with Crippen LogP contribution in [0.2, 0.25) is 10.0 Å². The minimum absolute atomic E-state index is 0.00362. The number of halogens is 6. The first-order chi connectivity index (χ1) is 14.2. The first-order valence-electron chi connectivity index (χ1n) is 8.27. The zero-order valence-electron chi connectivity index (χ0n) is 14.9. The molecule has 4 nitrogen and oxygen atoms in total. The van der Waals surface area contributed by atoms with Gasteiger partial charge >= 0.3 is 6.18 Å². The first kappa shape index (κ1) is 22.9. The number of nitrogens with zero attached hydrogens (tertiary/aromatic N) is 1. The largest absolute Gasteiger partial charge is 0.486 e. The quantitative estimate of drug-likeness (QED) is 0.341. The van der Waals surface area contributed by atoms with Gasteiger partial charge in [-0.05, 0) is 29.8 Å². The molecule has 30 heavy (non-hydrogen) atoms. The van der Waals surface area contributed by atoms with E-state index in [0.717, 1.165) is 12.1 Å². The molecule has 0 aliphatic rings. The lowest BCUT2D eigenvalue weighted by Gasteiger charge is -2.12. The lowest BCUT2D eigenvalue weighted by molar-refractivity contribution is -0.137. The third-order valence-electron chi connectivity index (χ3n) is 3.83. The Morgan fingerprint density at radius 2 is 1.80 bits per heavy atom. The van der Waals surface area contributed by atoms with Crippen molar-refractivity contribution in [2.75, 3.05) is 10.6 Å². The van der Waals surface area contributed by atoms with Crippen molar-refractivity contribution in [2.45, 2.75) is 12.8 Å². The van der Waals surface area contributed by atoms with Crippen LogP contribution in [-0.4, -0.2) is 16.2 Å². The number of rotatable bonds is 6. The summed E-state index contributed by atoms with van der Waals surface area (Å²) in [4.78, 5) is 15.7. The van der Waals surface area contributed by atoms with E-state index >= 15 is 0 Å². The molecule has 0 saturated heterocycles. The smallest absolute Gasteiger partial charge is 0.416 e. The summed E-state index contributed by atoms with van der Waals surface area (Å²) in [7, 11) is 0. The maximum Gasteiger partial charge on any atom is 0.416 e. The number of amides is 1. The summed E-state index contributed by atoms with van der Waals surface area (Å²) in [6.07, 6.45) is -4.39. The lowest BCUT2D eigenvalue weighted by atomic mass is 10.1. The monoisotopic (exact) mass is 538 g/mol. The molecule has 0 aliphatic carbocycles. The number of thiazole rings is 1. The number of hydrogen-bond donors (Lipinski definition) is 1. The molecule has 3 aromatic rings. The second-order valence-electron chi connectivity index (χ2n) is 5.97. The van der Waals surface area contributed by atoms with Crippen LogP contribution in [0.1, 0.15) is 11.1 Å². The molecule has 1 amide bonds. The van der Waals surface area contributed by atoms with Gasteiger partial charge in [0, 0.05) is 10.9 Å². The Morgan fingerprint density at radius 1 is 1.17 bits per heavy atom. The van der Waals surface area contributed by atoms with Crippen LogP contribution in [0.4, 0.5) is 18.3 Å². The maximum atomic E-state index is 12.6. The molecule has 0 atom stereocenters. The summed E-state index contributed by atoms with van der Waals surface area (Å²) in [6.45, 7) is -0.00362. The predicted octanol–water partition coefficient (Wildman–Crippen LogP) is 7.05. The summed E-state index contributed by atoms with van der Waals surface area (Å²) in [5, 5.41) is 5.42. The number of aromatic nitrogens is 1. The topological polar surface area (TPSA) is 51.2 Å². The van der Waals surface area contributed by atoms with Crippen molar-refractivity contribution in [3.63, 3.8) is 0 Å². The van der Waals surface area contributed by atoms with Gasteiger partial charge in [0.05, 0.1) is 26.6 Å². The number of hydrogen-bond acceptors (Lipinski definition) is 4. The van der Waals surface area contributed by atoms with Gasteiger partial charge in [-0.2, -0.15) is 13.2 Å². The van der Waals surface area contributed by atoms with E-state index in [4.69, 9.17) is 27.9 Å². The molecule has 0 saturated carbocycles. The second-order valence-corrected chi connectivity index (χ2v) is 8.21. The van der Waals surface area contributed by atoms with Gasteiger partial charge in [0.2, 0.25) is 5.91 Å². The van der Waals surface area contributed by atoms with E-state index in [-0.39, 0.29) is 33.6 Å². The van der Waals surface area contributed by atoms with Crippen molar-refractivity contribution in [1.82, 2.24) is 4.98 Å². The Bertz CT molecular complexity index is 1040. The van der Waals surface area contributed by atoms with E-state index in [1.807, 2.05) is 0 Å². The van der Waals surface area contributed by atoms with E-state index in [1.165, 1.54) is 23.5 Å². The van der Waals surface area contributed by atoms with Crippen LogP contribution in [0.3, 0.4) is 0 Å². The normalized spacial score (nSPS) is 11.4. The molecule has 1 aromatic heterocycles.